The molecule has 0 aliphatic rings. The Hall–Kier alpha value is 0.273. The predicted molar refractivity (Wildman–Crippen MR) is 91.4 cm³/mol. The van der Waals surface area contributed by atoms with Crippen LogP contribution in [0.3, 0.4) is 0 Å². The van der Waals surface area contributed by atoms with Gasteiger partial charge in [-0.25, -0.2) is 0 Å². The largest absolute Gasteiger partial charge is 0.296 e. The Morgan fingerprint density at radius 3 is 1.75 bits per heavy atom. The van der Waals surface area contributed by atoms with E-state index < -0.39 is 10.1 Å². The Morgan fingerprint density at radius 1 is 0.792 bits per heavy atom. The van der Waals surface area contributed by atoms with E-state index in [4.69, 9.17) is 4.18 Å². The van der Waals surface area contributed by atoms with E-state index >= 15 is 0 Å². The van der Waals surface area contributed by atoms with E-state index in [0.717, 1.165) is 12.8 Å². The second-order valence-corrected chi connectivity index (χ2v) is 7.39. The summed E-state index contributed by atoms with van der Waals surface area (Å²) in [7, 11) is -3.57. The summed E-state index contributed by atoms with van der Waals surface area (Å²) in [5.74, 6) is 0. The van der Waals surface area contributed by atoms with Crippen LogP contribution in [0, 0.1) is 0 Å². The Morgan fingerprint density at radius 2 is 1.25 bits per heavy atom. The summed E-state index contributed by atoms with van der Waals surface area (Å²) >= 11 is 0. The van der Waals surface area contributed by atoms with Crippen LogP contribution in [0.2, 0.25) is 0 Å². The van der Waals surface area contributed by atoms with Crippen molar-refractivity contribution >= 4 is 10.1 Å². The molecule has 6 heteroatoms. The molecule has 0 spiro atoms. The van der Waals surface area contributed by atoms with Crippen molar-refractivity contribution in [2.24, 2.45) is 0 Å². The van der Waals surface area contributed by atoms with Crippen molar-refractivity contribution in [2.75, 3.05) is 6.61 Å². The minimum atomic E-state index is -3.57. The van der Waals surface area contributed by atoms with Gasteiger partial charge in [0.15, 0.2) is 0 Å². The Balaban J connectivity index is 0. The molecule has 0 fully saturated rings. The van der Waals surface area contributed by atoms with Crippen molar-refractivity contribution in [3.8, 4) is 0 Å². The second kappa shape index (κ2) is 16.7. The zero-order chi connectivity index (χ0) is 16.1. The summed E-state index contributed by atoms with van der Waals surface area (Å²) < 4.78 is 28.8. The molecule has 1 aromatic carbocycles. The van der Waals surface area contributed by atoms with Crippen LogP contribution in [0.5, 0.6) is 0 Å². The van der Waals surface area contributed by atoms with E-state index in [1.54, 1.807) is 30.3 Å². The van der Waals surface area contributed by atoms with Gasteiger partial charge in [0.2, 0.25) is 0 Å². The zero-order valence-corrected chi connectivity index (χ0v) is 19.8. The van der Waals surface area contributed by atoms with Gasteiger partial charge in [-0.1, -0.05) is 82.9 Å². The molecule has 0 saturated heterocycles. The molecule has 0 saturated carbocycles. The number of hydrogen-bond donors (Lipinski definition) is 0. The van der Waals surface area contributed by atoms with E-state index in [1.165, 1.54) is 51.4 Å². The third-order valence-corrected chi connectivity index (χ3v) is 5.09. The molecular weight excluding hydrogens is 417 g/mol. The molecule has 0 aliphatic carbocycles. The van der Waals surface area contributed by atoms with E-state index in [-0.39, 0.29) is 48.0 Å². The van der Waals surface area contributed by atoms with Gasteiger partial charge in [0, 0.05) is 36.5 Å². The molecule has 0 unspecified atom stereocenters. The smallest absolute Gasteiger partial charge is 0.266 e. The number of benzene rings is 1. The SMILES string of the molecule is CCCCCCCCCCCCOS(=O)(=O)c1ccccc1.[Mn].[Zn]. The maximum atomic E-state index is 11.9. The maximum Gasteiger partial charge on any atom is 0.296 e. The normalized spacial score (nSPS) is 10.7. The first-order chi connectivity index (χ1) is 10.7. The summed E-state index contributed by atoms with van der Waals surface area (Å²) in [6.45, 7) is 2.52. The molecule has 1 radical (unpaired) electrons. The third kappa shape index (κ3) is 12.6. The summed E-state index contributed by atoms with van der Waals surface area (Å²) in [5.41, 5.74) is 0. The average Bonchev–Trinajstić information content (AvgIpc) is 2.53. The van der Waals surface area contributed by atoms with Crippen LogP contribution in [0.4, 0.5) is 0 Å². The van der Waals surface area contributed by atoms with Gasteiger partial charge in [-0.2, -0.15) is 8.42 Å². The van der Waals surface area contributed by atoms with Crippen LogP contribution in [0.25, 0.3) is 0 Å². The van der Waals surface area contributed by atoms with Gasteiger partial charge in [-0.3, -0.25) is 4.18 Å². The van der Waals surface area contributed by atoms with Crippen molar-refractivity contribution in [1.82, 2.24) is 0 Å². The quantitative estimate of drug-likeness (QED) is 0.234. The van der Waals surface area contributed by atoms with Gasteiger partial charge in [-0.15, -0.1) is 0 Å². The molecular formula is C18H30MnO3SZn. The molecule has 0 amide bonds. The second-order valence-electron chi connectivity index (χ2n) is 5.77. The fraction of sp³-hybridized carbons (Fsp3) is 0.667. The molecule has 135 valence electrons. The summed E-state index contributed by atoms with van der Waals surface area (Å²) in [4.78, 5) is 0.238. The molecule has 1 aromatic rings. The van der Waals surface area contributed by atoms with E-state index in [9.17, 15) is 8.42 Å². The first kappa shape index (κ1) is 26.5. The van der Waals surface area contributed by atoms with Crippen molar-refractivity contribution in [1.29, 1.82) is 0 Å². The first-order valence-electron chi connectivity index (χ1n) is 8.61. The Kier molecular flexibility index (Phi) is 18.5. The number of hydrogen-bond acceptors (Lipinski definition) is 3. The van der Waals surface area contributed by atoms with Crippen LogP contribution in [0.1, 0.15) is 71.1 Å². The Bertz CT molecular complexity index is 480. The summed E-state index contributed by atoms with van der Waals surface area (Å²) in [6, 6.07) is 8.33. The standard InChI is InChI=1S/C18H30O3S.Mn.Zn/c1-2-3-4-5-6-7-8-9-10-14-17-21-22(19,20)18-15-12-11-13-16-18;;/h11-13,15-16H,2-10,14,17H2,1H3;;. The third-order valence-electron chi connectivity index (χ3n) is 3.77. The van der Waals surface area contributed by atoms with Crippen molar-refractivity contribution in [3.05, 3.63) is 30.3 Å². The molecule has 0 aromatic heterocycles. The molecule has 3 nitrogen and oxygen atoms in total. The van der Waals surface area contributed by atoms with Gasteiger partial charge < -0.3 is 0 Å². The topological polar surface area (TPSA) is 43.4 Å². The first-order valence-corrected chi connectivity index (χ1v) is 10.0. The molecule has 0 aliphatic heterocycles. The van der Waals surface area contributed by atoms with Gasteiger partial charge in [-0.05, 0) is 18.6 Å². The van der Waals surface area contributed by atoms with Crippen molar-refractivity contribution < 1.29 is 49.1 Å². The molecule has 0 N–H and O–H groups in total. The zero-order valence-electron chi connectivity index (χ0n) is 14.9. The minimum Gasteiger partial charge on any atom is -0.266 e. The van der Waals surface area contributed by atoms with Crippen LogP contribution in [-0.2, 0) is 50.8 Å². The average molecular weight is 447 g/mol. The maximum absolute atomic E-state index is 11.9. The summed E-state index contributed by atoms with van der Waals surface area (Å²) in [5, 5.41) is 0. The van der Waals surface area contributed by atoms with E-state index in [0.29, 0.717) is 0 Å². The molecule has 24 heavy (non-hydrogen) atoms. The predicted octanol–water partition coefficient (Wildman–Crippen LogP) is 5.31. The number of rotatable bonds is 13. The fourth-order valence-corrected chi connectivity index (χ4v) is 3.38. The van der Waals surface area contributed by atoms with Gasteiger partial charge >= 0.3 is 0 Å². The number of unbranched alkanes of at least 4 members (excludes halogenated alkanes) is 9. The van der Waals surface area contributed by atoms with Crippen molar-refractivity contribution in [2.45, 2.75) is 76.0 Å². The van der Waals surface area contributed by atoms with E-state index in [1.807, 2.05) is 0 Å². The monoisotopic (exact) mass is 445 g/mol. The van der Waals surface area contributed by atoms with Gasteiger partial charge in [0.25, 0.3) is 10.1 Å². The molecule has 0 atom stereocenters. The minimum absolute atomic E-state index is 0. The van der Waals surface area contributed by atoms with Crippen LogP contribution in [0.15, 0.2) is 35.2 Å². The Labute approximate surface area is 171 Å². The van der Waals surface area contributed by atoms with E-state index in [2.05, 4.69) is 6.92 Å². The molecule has 1 rings (SSSR count). The van der Waals surface area contributed by atoms with Crippen molar-refractivity contribution in [3.63, 3.8) is 0 Å². The molecule has 0 heterocycles. The molecule has 0 bridgehead atoms. The van der Waals surface area contributed by atoms with Crippen LogP contribution < -0.4 is 0 Å². The van der Waals surface area contributed by atoms with Crippen LogP contribution >= 0.6 is 0 Å². The van der Waals surface area contributed by atoms with Gasteiger partial charge in [0.1, 0.15) is 0 Å². The van der Waals surface area contributed by atoms with Crippen LogP contribution in [-0.4, -0.2) is 15.0 Å². The fourth-order valence-electron chi connectivity index (χ4n) is 2.41. The van der Waals surface area contributed by atoms with Gasteiger partial charge in [0.05, 0.1) is 11.5 Å². The summed E-state index contributed by atoms with van der Waals surface area (Å²) in [6.07, 6.45) is 12.3.